The maximum Gasteiger partial charge on any atom is 0.249 e. The number of para-hydroxylation sites is 1. The molecular weight excluding hydrogens is 388 g/mol. The molecule has 1 aromatic heterocycles. The molecule has 0 aliphatic carbocycles. The van der Waals surface area contributed by atoms with Gasteiger partial charge in [-0.3, -0.25) is 9.59 Å². The van der Waals surface area contributed by atoms with E-state index in [1.54, 1.807) is 17.4 Å². The van der Waals surface area contributed by atoms with Gasteiger partial charge in [0, 0.05) is 25.1 Å². The zero-order valence-electron chi connectivity index (χ0n) is 16.6. The summed E-state index contributed by atoms with van der Waals surface area (Å²) in [5.41, 5.74) is 1.13. The molecule has 0 saturated carbocycles. The van der Waals surface area contributed by atoms with Crippen molar-refractivity contribution >= 4 is 23.2 Å². The quantitative estimate of drug-likeness (QED) is 0.592. The van der Waals surface area contributed by atoms with Gasteiger partial charge in [0.05, 0.1) is 6.04 Å². The molecule has 7 heteroatoms. The van der Waals surface area contributed by atoms with E-state index in [1.165, 1.54) is 16.9 Å². The Morgan fingerprint density at radius 2 is 2.10 bits per heavy atom. The van der Waals surface area contributed by atoms with Crippen molar-refractivity contribution in [1.29, 1.82) is 0 Å². The van der Waals surface area contributed by atoms with Crippen LogP contribution in [0, 0.1) is 0 Å². The smallest absolute Gasteiger partial charge is 0.249 e. The Kier molecular flexibility index (Phi) is 7.43. The van der Waals surface area contributed by atoms with Crippen molar-refractivity contribution in [3.63, 3.8) is 0 Å². The summed E-state index contributed by atoms with van der Waals surface area (Å²) in [4.78, 5) is 30.0. The number of rotatable bonds is 9. The number of methoxy groups -OCH3 is 1. The molecule has 29 heavy (non-hydrogen) atoms. The number of benzene rings is 1. The number of carbonyl (C=O) groups is 2. The summed E-state index contributed by atoms with van der Waals surface area (Å²) in [6.07, 6.45) is 2.43. The maximum atomic E-state index is 13.2. The van der Waals surface area contributed by atoms with E-state index in [0.29, 0.717) is 19.7 Å². The summed E-state index contributed by atoms with van der Waals surface area (Å²) in [6, 6.07) is 11.5. The van der Waals surface area contributed by atoms with Crippen LogP contribution in [0.3, 0.4) is 0 Å². The summed E-state index contributed by atoms with van der Waals surface area (Å²) in [7, 11) is 1.46. The molecule has 2 aromatic rings. The van der Waals surface area contributed by atoms with Gasteiger partial charge in [-0.15, -0.1) is 17.9 Å². The zero-order chi connectivity index (χ0) is 20.6. The minimum Gasteiger partial charge on any atom is -0.491 e. The fourth-order valence-corrected chi connectivity index (χ4v) is 4.37. The number of hydrogen-bond acceptors (Lipinski definition) is 5. The largest absolute Gasteiger partial charge is 0.491 e. The molecule has 0 fully saturated rings. The van der Waals surface area contributed by atoms with Gasteiger partial charge in [0.15, 0.2) is 0 Å². The van der Waals surface area contributed by atoms with E-state index >= 15 is 0 Å². The first-order valence-corrected chi connectivity index (χ1v) is 10.4. The molecule has 1 atom stereocenters. The topological polar surface area (TPSA) is 59.1 Å². The summed E-state index contributed by atoms with van der Waals surface area (Å²) in [6.45, 7) is 4.90. The Labute approximate surface area is 175 Å². The summed E-state index contributed by atoms with van der Waals surface area (Å²) in [5, 5.41) is 2.06. The second-order valence-electron chi connectivity index (χ2n) is 6.77. The summed E-state index contributed by atoms with van der Waals surface area (Å²) in [5.74, 6) is 0.437. The van der Waals surface area contributed by atoms with Crippen LogP contribution in [0.25, 0.3) is 0 Å². The van der Waals surface area contributed by atoms with Crippen LogP contribution in [0.15, 0.2) is 54.4 Å². The number of ether oxygens (including phenoxy) is 2. The summed E-state index contributed by atoms with van der Waals surface area (Å²) >= 11 is 1.71. The van der Waals surface area contributed by atoms with Crippen LogP contribution in [0.4, 0.5) is 0 Å². The van der Waals surface area contributed by atoms with Crippen LogP contribution in [0.5, 0.6) is 5.75 Å². The van der Waals surface area contributed by atoms with E-state index in [4.69, 9.17) is 9.47 Å². The van der Waals surface area contributed by atoms with Crippen LogP contribution < -0.4 is 4.74 Å². The van der Waals surface area contributed by atoms with Crippen LogP contribution in [0.2, 0.25) is 0 Å². The third kappa shape index (κ3) is 5.25. The Morgan fingerprint density at radius 1 is 1.31 bits per heavy atom. The van der Waals surface area contributed by atoms with Crippen molar-refractivity contribution in [3.05, 3.63) is 64.9 Å². The molecule has 0 radical (unpaired) electrons. The standard InChI is InChI=1S/C22H26N2O4S/c1-3-11-23(22(26)16-27-2)14-21(25)24-12-9-20-18(10-13-29-20)19(24)15-28-17-7-5-4-6-8-17/h3-8,10,13,19H,1,9,11-12,14-16H2,2H3/t19-/m1/s1. The Hall–Kier alpha value is -2.64. The molecule has 2 heterocycles. The molecule has 0 saturated heterocycles. The third-order valence-electron chi connectivity index (χ3n) is 4.86. The first kappa shape index (κ1) is 21.1. The Bertz CT molecular complexity index is 836. The van der Waals surface area contributed by atoms with Crippen molar-refractivity contribution in [1.82, 2.24) is 9.80 Å². The third-order valence-corrected chi connectivity index (χ3v) is 5.86. The average Bonchev–Trinajstić information content (AvgIpc) is 3.21. The molecule has 0 N–H and O–H groups in total. The van der Waals surface area contributed by atoms with Crippen LogP contribution in [0.1, 0.15) is 16.5 Å². The molecule has 1 aliphatic rings. The van der Waals surface area contributed by atoms with Crippen molar-refractivity contribution < 1.29 is 19.1 Å². The van der Waals surface area contributed by atoms with Crippen molar-refractivity contribution in [2.45, 2.75) is 12.5 Å². The highest BCUT2D eigenvalue weighted by atomic mass is 32.1. The Balaban J connectivity index is 1.75. The fourth-order valence-electron chi connectivity index (χ4n) is 3.45. The van der Waals surface area contributed by atoms with Gasteiger partial charge in [0.2, 0.25) is 11.8 Å². The van der Waals surface area contributed by atoms with Gasteiger partial charge >= 0.3 is 0 Å². The monoisotopic (exact) mass is 414 g/mol. The van der Waals surface area contributed by atoms with E-state index in [-0.39, 0.29) is 31.0 Å². The molecule has 6 nitrogen and oxygen atoms in total. The molecule has 2 amide bonds. The first-order chi connectivity index (χ1) is 14.1. The average molecular weight is 415 g/mol. The minimum absolute atomic E-state index is 0.00444. The number of amides is 2. The highest BCUT2D eigenvalue weighted by molar-refractivity contribution is 7.10. The van der Waals surface area contributed by atoms with Gasteiger partial charge in [0.25, 0.3) is 0 Å². The molecule has 0 spiro atoms. The minimum atomic E-state index is -0.230. The normalized spacial score (nSPS) is 15.5. The van der Waals surface area contributed by atoms with Gasteiger partial charge in [-0.2, -0.15) is 0 Å². The predicted molar refractivity (Wildman–Crippen MR) is 113 cm³/mol. The second-order valence-corrected chi connectivity index (χ2v) is 7.77. The first-order valence-electron chi connectivity index (χ1n) is 9.55. The van der Waals surface area contributed by atoms with Crippen molar-refractivity contribution in [2.24, 2.45) is 0 Å². The van der Waals surface area contributed by atoms with Crippen molar-refractivity contribution in [2.75, 3.05) is 40.0 Å². The molecule has 0 unspecified atom stereocenters. The SMILES string of the molecule is C=CCN(CC(=O)N1CCc2sccc2[C@H]1COc1ccccc1)C(=O)COC. The lowest BCUT2D eigenvalue weighted by Gasteiger charge is -2.37. The van der Waals surface area contributed by atoms with E-state index < -0.39 is 0 Å². The molecule has 154 valence electrons. The van der Waals surface area contributed by atoms with Gasteiger partial charge in [-0.25, -0.2) is 0 Å². The van der Waals surface area contributed by atoms with Crippen LogP contribution in [-0.4, -0.2) is 61.6 Å². The fraction of sp³-hybridized carbons (Fsp3) is 0.364. The van der Waals surface area contributed by atoms with E-state index in [1.807, 2.05) is 35.2 Å². The van der Waals surface area contributed by atoms with E-state index in [2.05, 4.69) is 18.0 Å². The molecule has 0 bridgehead atoms. The highest BCUT2D eigenvalue weighted by Crippen LogP contribution is 2.34. The van der Waals surface area contributed by atoms with Gasteiger partial charge in [-0.05, 0) is 35.6 Å². The lowest BCUT2D eigenvalue weighted by molar-refractivity contribution is -0.144. The molecule has 1 aromatic carbocycles. The van der Waals surface area contributed by atoms with Crippen LogP contribution >= 0.6 is 11.3 Å². The number of thiophene rings is 1. The van der Waals surface area contributed by atoms with Crippen LogP contribution in [-0.2, 0) is 20.7 Å². The maximum absolute atomic E-state index is 13.2. The lowest BCUT2D eigenvalue weighted by Crippen LogP contribution is -2.48. The number of hydrogen-bond donors (Lipinski definition) is 0. The zero-order valence-corrected chi connectivity index (χ0v) is 17.4. The molecular formula is C22H26N2O4S. The van der Waals surface area contributed by atoms with Gasteiger partial charge < -0.3 is 19.3 Å². The number of nitrogens with zero attached hydrogens (tertiary/aromatic N) is 2. The Morgan fingerprint density at radius 3 is 2.83 bits per heavy atom. The highest BCUT2D eigenvalue weighted by Gasteiger charge is 2.33. The lowest BCUT2D eigenvalue weighted by atomic mass is 10.0. The van der Waals surface area contributed by atoms with Crippen molar-refractivity contribution in [3.8, 4) is 5.75 Å². The molecule has 3 rings (SSSR count). The second kappa shape index (κ2) is 10.2. The van der Waals surface area contributed by atoms with E-state index in [0.717, 1.165) is 17.7 Å². The van der Waals surface area contributed by atoms with Gasteiger partial charge in [-0.1, -0.05) is 24.3 Å². The predicted octanol–water partition coefficient (Wildman–Crippen LogP) is 2.91. The number of fused-ring (bicyclic) bond motifs is 1. The summed E-state index contributed by atoms with van der Waals surface area (Å²) < 4.78 is 10.9. The van der Waals surface area contributed by atoms with Gasteiger partial charge in [0.1, 0.15) is 25.5 Å². The number of carbonyl (C=O) groups excluding carboxylic acids is 2. The van der Waals surface area contributed by atoms with E-state index in [9.17, 15) is 9.59 Å². The molecule has 1 aliphatic heterocycles.